The van der Waals surface area contributed by atoms with Crippen LogP contribution < -0.4 is 43.4 Å². The Kier molecular flexibility index (Phi) is 20.1. The van der Waals surface area contributed by atoms with Gasteiger partial charge in [-0.3, -0.25) is 38.4 Å². The summed E-state index contributed by atoms with van der Waals surface area (Å²) >= 11 is 0. The summed E-state index contributed by atoms with van der Waals surface area (Å²) in [7, 11) is -0.646. The van der Waals surface area contributed by atoms with Gasteiger partial charge in [-0.15, -0.1) is 0 Å². The molecule has 0 aliphatic carbocycles. The molecule has 13 N–H and O–H groups in total. The number of rotatable bonds is 23. The van der Waals surface area contributed by atoms with E-state index in [4.69, 9.17) is 21.5 Å². The number of hydrogen-bond acceptors (Lipinski definition) is 12. The molecule has 5 unspecified atom stereocenters. The van der Waals surface area contributed by atoms with Gasteiger partial charge in [0.1, 0.15) is 24.2 Å². The average molecular weight is 826 g/mol. The number of nitrogens with one attached hydrogen (secondary N) is 6. The van der Waals surface area contributed by atoms with Gasteiger partial charge in [0.25, 0.3) is 11.8 Å². The van der Waals surface area contributed by atoms with E-state index in [1.165, 1.54) is 19.5 Å². The normalized spacial score (nSPS) is 13.4. The number of likely N-dealkylation sites (N-methyl/N-ethyl adjacent to an activating group) is 1. The van der Waals surface area contributed by atoms with Gasteiger partial charge < -0.3 is 63.4 Å². The zero-order chi connectivity index (χ0) is 44.4. The minimum Gasteiger partial charge on any atom is -0.426 e. The third-order valence-electron chi connectivity index (χ3n) is 9.01. The van der Waals surface area contributed by atoms with Crippen molar-refractivity contribution in [3.8, 4) is 11.1 Å². The van der Waals surface area contributed by atoms with Gasteiger partial charge in [-0.2, -0.15) is 0 Å². The van der Waals surface area contributed by atoms with Gasteiger partial charge in [0.15, 0.2) is 6.17 Å². The molecular formula is C38H56BN9O11. The second-order valence-corrected chi connectivity index (χ2v) is 14.2. The Balaban J connectivity index is 1.94. The molecule has 0 aromatic heterocycles. The van der Waals surface area contributed by atoms with Crippen LogP contribution in [-0.4, -0.2) is 131 Å². The SMILES string of the molecule is CCCCc1ccc(-c2ccc(C(=O)NC(CO)C(=O)NC(C)C(=O)NCC(=O)N(C)C(C(=O)NC(N)C(=O)NC(CC(N)=O)C(=O)NCB(O)O)C(C)C)cc2)cc1. The molecule has 2 rings (SSSR count). The Morgan fingerprint density at radius 1 is 0.746 bits per heavy atom. The lowest BCUT2D eigenvalue weighted by atomic mass is 9.92. The first-order valence-corrected chi connectivity index (χ1v) is 19.0. The van der Waals surface area contributed by atoms with Crippen molar-refractivity contribution in [2.24, 2.45) is 17.4 Å². The number of aliphatic hydroxyl groups excluding tert-OH is 1. The zero-order valence-corrected chi connectivity index (χ0v) is 33.8. The van der Waals surface area contributed by atoms with Crippen molar-refractivity contribution in [2.45, 2.75) is 83.7 Å². The molecule has 0 saturated heterocycles. The predicted molar refractivity (Wildman–Crippen MR) is 216 cm³/mol. The number of aryl methyl sites for hydroxylation is 1. The van der Waals surface area contributed by atoms with Crippen molar-refractivity contribution in [1.29, 1.82) is 0 Å². The van der Waals surface area contributed by atoms with Crippen molar-refractivity contribution < 1.29 is 53.5 Å². The lowest BCUT2D eigenvalue weighted by molar-refractivity contribution is -0.142. The fraction of sp³-hybridized carbons (Fsp3) is 0.474. The summed E-state index contributed by atoms with van der Waals surface area (Å²) in [6, 6.07) is 9.45. The van der Waals surface area contributed by atoms with Gasteiger partial charge in [0.05, 0.1) is 26.0 Å². The van der Waals surface area contributed by atoms with Crippen molar-refractivity contribution >= 4 is 54.4 Å². The molecule has 0 saturated carbocycles. The van der Waals surface area contributed by atoms with E-state index in [-0.39, 0.29) is 5.56 Å². The van der Waals surface area contributed by atoms with Gasteiger partial charge in [-0.25, -0.2) is 0 Å². The van der Waals surface area contributed by atoms with Gasteiger partial charge in [-0.1, -0.05) is 63.6 Å². The van der Waals surface area contributed by atoms with Gasteiger partial charge >= 0.3 is 7.12 Å². The molecule has 0 aliphatic rings. The number of nitrogens with two attached hydrogens (primary N) is 2. The van der Waals surface area contributed by atoms with Crippen LogP contribution in [-0.2, 0) is 40.0 Å². The number of unbranched alkanes of at least 4 members (excludes halogenated alkanes) is 1. The van der Waals surface area contributed by atoms with Crippen LogP contribution in [0.3, 0.4) is 0 Å². The summed E-state index contributed by atoms with van der Waals surface area (Å²) in [5.41, 5.74) is 14.3. The third-order valence-corrected chi connectivity index (χ3v) is 9.01. The largest absolute Gasteiger partial charge is 0.472 e. The van der Waals surface area contributed by atoms with Crippen LogP contribution in [0, 0.1) is 5.92 Å². The third kappa shape index (κ3) is 16.1. The molecule has 0 aliphatic heterocycles. The minimum atomic E-state index is -1.92. The van der Waals surface area contributed by atoms with Crippen molar-refractivity contribution in [1.82, 2.24) is 36.8 Å². The highest BCUT2D eigenvalue weighted by molar-refractivity contribution is 6.41. The number of carbonyl (C=O) groups excluding carboxylic acids is 8. The summed E-state index contributed by atoms with van der Waals surface area (Å²) in [4.78, 5) is 102. The molecular weight excluding hydrogens is 769 g/mol. The monoisotopic (exact) mass is 825 g/mol. The van der Waals surface area contributed by atoms with Crippen molar-refractivity contribution in [3.05, 3.63) is 59.7 Å². The summed E-state index contributed by atoms with van der Waals surface area (Å²) < 4.78 is 0. The molecule has 21 heteroatoms. The Morgan fingerprint density at radius 3 is 1.86 bits per heavy atom. The number of nitrogens with zero attached hydrogens (tertiary/aromatic N) is 1. The molecule has 2 aromatic rings. The maximum atomic E-state index is 13.2. The van der Waals surface area contributed by atoms with Crippen LogP contribution in [0.15, 0.2) is 48.5 Å². The van der Waals surface area contributed by atoms with Crippen molar-refractivity contribution in [3.63, 3.8) is 0 Å². The van der Waals surface area contributed by atoms with E-state index in [0.29, 0.717) is 0 Å². The molecule has 0 radical (unpaired) electrons. The van der Waals surface area contributed by atoms with Gasteiger partial charge in [0, 0.05) is 12.6 Å². The zero-order valence-electron chi connectivity index (χ0n) is 33.8. The van der Waals surface area contributed by atoms with Crippen LogP contribution in [0.25, 0.3) is 11.1 Å². The molecule has 20 nitrogen and oxygen atoms in total. The average Bonchev–Trinajstić information content (AvgIpc) is 3.19. The molecule has 0 heterocycles. The predicted octanol–water partition coefficient (Wildman–Crippen LogP) is -3.22. The van der Waals surface area contributed by atoms with Crippen LogP contribution in [0.1, 0.15) is 62.9 Å². The van der Waals surface area contributed by atoms with Crippen LogP contribution in [0.5, 0.6) is 0 Å². The second-order valence-electron chi connectivity index (χ2n) is 14.2. The number of primary amides is 1. The lowest BCUT2D eigenvalue weighted by Gasteiger charge is -2.31. The van der Waals surface area contributed by atoms with Crippen LogP contribution in [0.2, 0.25) is 0 Å². The summed E-state index contributed by atoms with van der Waals surface area (Å²) in [5, 5.41) is 41.4. The number of benzene rings is 2. The maximum Gasteiger partial charge on any atom is 0.472 e. The van der Waals surface area contributed by atoms with Crippen molar-refractivity contribution in [2.75, 3.05) is 26.6 Å². The molecule has 322 valence electrons. The highest BCUT2D eigenvalue weighted by Gasteiger charge is 2.33. The number of aliphatic hydroxyl groups is 1. The topological polar surface area (TPSA) is 325 Å². The van der Waals surface area contributed by atoms with Crippen LogP contribution in [0.4, 0.5) is 0 Å². The highest BCUT2D eigenvalue weighted by atomic mass is 16.4. The minimum absolute atomic E-state index is 0.238. The van der Waals surface area contributed by atoms with Crippen LogP contribution >= 0.6 is 0 Å². The fourth-order valence-corrected chi connectivity index (χ4v) is 5.69. The summed E-state index contributed by atoms with van der Waals surface area (Å²) in [6.45, 7) is 5.25. The molecule has 0 spiro atoms. The molecule has 2 aromatic carbocycles. The highest BCUT2D eigenvalue weighted by Crippen LogP contribution is 2.21. The Labute approximate surface area is 342 Å². The van der Waals surface area contributed by atoms with E-state index in [1.54, 1.807) is 38.1 Å². The quantitative estimate of drug-likeness (QED) is 0.0390. The summed E-state index contributed by atoms with van der Waals surface area (Å²) in [5.74, 6) is -7.56. The molecule has 0 bridgehead atoms. The summed E-state index contributed by atoms with van der Waals surface area (Å²) in [6.07, 6.45) is 0.136. The van der Waals surface area contributed by atoms with Gasteiger partial charge in [0.2, 0.25) is 35.4 Å². The Bertz CT molecular complexity index is 1780. The number of hydrogen-bond donors (Lipinski definition) is 11. The van der Waals surface area contributed by atoms with E-state index in [0.717, 1.165) is 35.3 Å². The van der Waals surface area contributed by atoms with E-state index >= 15 is 0 Å². The molecule has 8 amide bonds. The Hall–Kier alpha value is -5.90. The molecule has 0 fully saturated rings. The van der Waals surface area contributed by atoms with E-state index in [9.17, 15) is 43.5 Å². The van der Waals surface area contributed by atoms with Gasteiger partial charge in [-0.05, 0) is 54.5 Å². The standard InChI is InChI=1S/C38H56BN9O11/c1-6-7-8-23-9-11-24(12-10-23)25-13-15-26(16-14-25)34(53)46-28(19-49)36(55)44-22(4)33(52)42-18-30(51)48(5)31(21(2)3)37(56)47-32(41)38(57)45-27(17-29(40)50)35(54)43-20-39(58)59/h9-16,21-22,27-28,31-32,49,58-59H,6-8,17-20,41H2,1-5H3,(H2,40,50)(H,42,52)(H,43,54)(H,44,55)(H,45,57)(H,46,53)(H,47,56). The first kappa shape index (κ1) is 49.3. The number of carbonyl (C=O) groups is 8. The number of amides is 8. The van der Waals surface area contributed by atoms with E-state index in [1.807, 2.05) is 12.1 Å². The second kappa shape index (κ2) is 24.1. The first-order chi connectivity index (χ1) is 27.8. The fourth-order valence-electron chi connectivity index (χ4n) is 5.69. The molecule has 5 atom stereocenters. The Morgan fingerprint density at radius 2 is 1.34 bits per heavy atom. The van der Waals surface area contributed by atoms with E-state index < -0.39 is 117 Å². The maximum absolute atomic E-state index is 13.2. The lowest BCUT2D eigenvalue weighted by Crippen LogP contribution is -2.61. The molecule has 59 heavy (non-hydrogen) atoms. The first-order valence-electron chi connectivity index (χ1n) is 19.0. The smallest absolute Gasteiger partial charge is 0.426 e. The van der Waals surface area contributed by atoms with E-state index in [2.05, 4.69) is 51.0 Å².